The van der Waals surface area contributed by atoms with Crippen molar-refractivity contribution in [2.24, 2.45) is 5.73 Å². The van der Waals surface area contributed by atoms with Gasteiger partial charge in [0.05, 0.1) is 12.1 Å². The molecule has 1 aliphatic heterocycles. The van der Waals surface area contributed by atoms with E-state index in [4.69, 9.17) is 10.5 Å². The van der Waals surface area contributed by atoms with Crippen LogP contribution in [0.1, 0.15) is 26.3 Å². The van der Waals surface area contributed by atoms with E-state index in [1.165, 1.54) is 4.90 Å². The zero-order valence-corrected chi connectivity index (χ0v) is 13.0. The quantitative estimate of drug-likeness (QED) is 0.865. The van der Waals surface area contributed by atoms with Crippen LogP contribution in [0.5, 0.6) is 0 Å². The fourth-order valence-electron chi connectivity index (χ4n) is 2.97. The van der Waals surface area contributed by atoms with Gasteiger partial charge in [-0.1, -0.05) is 30.3 Å². The van der Waals surface area contributed by atoms with E-state index in [-0.39, 0.29) is 0 Å². The van der Waals surface area contributed by atoms with Crippen LogP contribution in [-0.2, 0) is 20.7 Å². The van der Waals surface area contributed by atoms with Crippen LogP contribution in [0, 0.1) is 0 Å². The minimum absolute atomic E-state index is 0.354. The second-order valence-corrected chi connectivity index (χ2v) is 6.06. The van der Waals surface area contributed by atoms with Crippen LogP contribution in [-0.4, -0.2) is 45.8 Å². The first-order valence-corrected chi connectivity index (χ1v) is 7.27. The molecule has 1 amide bonds. The molecule has 0 bridgehead atoms. The predicted octanol–water partition coefficient (Wildman–Crippen LogP) is 0.993. The van der Waals surface area contributed by atoms with Gasteiger partial charge in [-0.25, -0.2) is 4.79 Å². The van der Waals surface area contributed by atoms with Gasteiger partial charge in [0, 0.05) is 0 Å². The molecule has 3 atom stereocenters. The van der Waals surface area contributed by atoms with Gasteiger partial charge in [0.1, 0.15) is 5.72 Å². The lowest BCUT2D eigenvalue weighted by atomic mass is 10.0. The molecule has 3 N–H and O–H groups in total. The number of aliphatic carboxylic acids is 1. The van der Waals surface area contributed by atoms with Gasteiger partial charge < -0.3 is 15.6 Å². The molecule has 1 heterocycles. The van der Waals surface area contributed by atoms with E-state index in [9.17, 15) is 14.7 Å². The molecule has 22 heavy (non-hydrogen) atoms. The van der Waals surface area contributed by atoms with E-state index in [1.807, 2.05) is 30.3 Å². The Kier molecular flexibility index (Phi) is 4.53. The number of carboxylic acids is 1. The van der Waals surface area contributed by atoms with Gasteiger partial charge in [-0.2, -0.15) is 0 Å². The highest BCUT2D eigenvalue weighted by atomic mass is 16.5. The lowest BCUT2D eigenvalue weighted by Gasteiger charge is -2.34. The van der Waals surface area contributed by atoms with Crippen molar-refractivity contribution in [3.8, 4) is 0 Å². The Morgan fingerprint density at radius 2 is 1.95 bits per heavy atom. The summed E-state index contributed by atoms with van der Waals surface area (Å²) in [6.45, 7) is 5.01. The molecule has 1 aliphatic rings. The van der Waals surface area contributed by atoms with Crippen molar-refractivity contribution in [3.63, 3.8) is 0 Å². The topological polar surface area (TPSA) is 92.9 Å². The summed E-state index contributed by atoms with van der Waals surface area (Å²) in [7, 11) is 0. The van der Waals surface area contributed by atoms with E-state index in [2.05, 4.69) is 0 Å². The first-order valence-electron chi connectivity index (χ1n) is 7.27. The Morgan fingerprint density at radius 1 is 1.36 bits per heavy atom. The van der Waals surface area contributed by atoms with Gasteiger partial charge in [-0.15, -0.1) is 0 Å². The number of carbonyl (C=O) groups is 2. The van der Waals surface area contributed by atoms with Gasteiger partial charge in [0.15, 0.2) is 6.04 Å². The van der Waals surface area contributed by atoms with Crippen molar-refractivity contribution in [1.29, 1.82) is 0 Å². The number of hydrogen-bond acceptors (Lipinski definition) is 4. The molecule has 0 saturated carbocycles. The summed E-state index contributed by atoms with van der Waals surface area (Å²) >= 11 is 0. The molecule has 0 aliphatic carbocycles. The number of amides is 1. The predicted molar refractivity (Wildman–Crippen MR) is 81.0 cm³/mol. The van der Waals surface area contributed by atoms with E-state index in [0.29, 0.717) is 6.42 Å². The number of nitrogens with zero attached hydrogens (tertiary/aromatic N) is 1. The third kappa shape index (κ3) is 3.13. The molecular formula is C16H22N2O4. The maximum absolute atomic E-state index is 12.7. The second-order valence-electron chi connectivity index (χ2n) is 6.06. The third-order valence-corrected chi connectivity index (χ3v) is 3.88. The molecule has 1 aromatic rings. The molecule has 2 rings (SSSR count). The smallest absolute Gasteiger partial charge is 0.329 e. The lowest BCUT2D eigenvalue weighted by Crippen LogP contribution is -2.56. The van der Waals surface area contributed by atoms with Crippen molar-refractivity contribution in [3.05, 3.63) is 35.9 Å². The first-order chi connectivity index (χ1) is 10.2. The van der Waals surface area contributed by atoms with Crippen molar-refractivity contribution < 1.29 is 19.4 Å². The van der Waals surface area contributed by atoms with Gasteiger partial charge in [0.25, 0.3) is 0 Å². The number of rotatable bonds is 4. The number of nitrogens with two attached hydrogens (primary N) is 1. The highest BCUT2D eigenvalue weighted by Gasteiger charge is 2.52. The Labute approximate surface area is 129 Å². The Bertz CT molecular complexity index is 559. The molecule has 1 fully saturated rings. The summed E-state index contributed by atoms with van der Waals surface area (Å²) in [5.74, 6) is -1.50. The second kappa shape index (κ2) is 6.06. The van der Waals surface area contributed by atoms with E-state index < -0.39 is 35.8 Å². The summed E-state index contributed by atoms with van der Waals surface area (Å²) in [6, 6.07) is 7.57. The molecule has 120 valence electrons. The van der Waals surface area contributed by atoms with Crippen LogP contribution >= 0.6 is 0 Å². The maximum atomic E-state index is 12.7. The van der Waals surface area contributed by atoms with Gasteiger partial charge in [0.2, 0.25) is 5.91 Å². The Balaban J connectivity index is 2.20. The van der Waals surface area contributed by atoms with E-state index >= 15 is 0 Å². The average Bonchev–Trinajstić information content (AvgIpc) is 2.68. The SMILES string of the molecule is C[C@H]1OC(C)(C)N(C(=O)[C@@H](N)Cc2ccccc2)[C@@H]1C(=O)O. The largest absolute Gasteiger partial charge is 0.480 e. The van der Waals surface area contributed by atoms with E-state index in [1.54, 1.807) is 20.8 Å². The molecule has 1 aromatic carbocycles. The molecule has 0 unspecified atom stereocenters. The minimum atomic E-state index is -1.08. The van der Waals surface area contributed by atoms with Crippen molar-refractivity contribution in [2.75, 3.05) is 0 Å². The molecule has 0 radical (unpaired) electrons. The summed E-state index contributed by atoms with van der Waals surface area (Å²) < 4.78 is 5.63. The highest BCUT2D eigenvalue weighted by Crippen LogP contribution is 2.32. The number of carboxylic acid groups (broad SMARTS) is 1. The number of benzene rings is 1. The van der Waals surface area contributed by atoms with Crippen molar-refractivity contribution in [2.45, 2.75) is 51.1 Å². The number of ether oxygens (including phenoxy) is 1. The van der Waals surface area contributed by atoms with Gasteiger partial charge in [-0.05, 0) is 32.8 Å². The highest BCUT2D eigenvalue weighted by molar-refractivity contribution is 5.88. The van der Waals surface area contributed by atoms with Crippen molar-refractivity contribution in [1.82, 2.24) is 4.90 Å². The third-order valence-electron chi connectivity index (χ3n) is 3.88. The molecule has 6 heteroatoms. The van der Waals surface area contributed by atoms with Crippen molar-refractivity contribution >= 4 is 11.9 Å². The summed E-state index contributed by atoms with van der Waals surface area (Å²) in [4.78, 5) is 25.4. The summed E-state index contributed by atoms with van der Waals surface area (Å²) in [6.07, 6.45) is -0.229. The van der Waals surface area contributed by atoms with Crippen LogP contribution in [0.4, 0.5) is 0 Å². The van der Waals surface area contributed by atoms with Crippen LogP contribution in [0.2, 0.25) is 0 Å². The molecule has 0 spiro atoms. The normalized spacial score (nSPS) is 25.0. The Hall–Kier alpha value is -1.92. The Morgan fingerprint density at radius 3 is 2.50 bits per heavy atom. The molecule has 0 aromatic heterocycles. The number of carbonyl (C=O) groups excluding carboxylic acids is 1. The fraction of sp³-hybridized carbons (Fsp3) is 0.500. The zero-order chi connectivity index (χ0) is 16.5. The van der Waals surface area contributed by atoms with Gasteiger partial charge >= 0.3 is 5.97 Å². The first kappa shape index (κ1) is 16.5. The van der Waals surface area contributed by atoms with E-state index in [0.717, 1.165) is 5.56 Å². The van der Waals surface area contributed by atoms with Crippen LogP contribution in [0.25, 0.3) is 0 Å². The lowest BCUT2D eigenvalue weighted by molar-refractivity contribution is -0.156. The average molecular weight is 306 g/mol. The van der Waals surface area contributed by atoms with Crippen LogP contribution < -0.4 is 5.73 Å². The van der Waals surface area contributed by atoms with Crippen LogP contribution in [0.15, 0.2) is 30.3 Å². The van der Waals surface area contributed by atoms with Crippen LogP contribution in [0.3, 0.4) is 0 Å². The fourth-order valence-corrected chi connectivity index (χ4v) is 2.97. The summed E-state index contributed by atoms with van der Waals surface area (Å²) in [5, 5.41) is 9.39. The molecule has 6 nitrogen and oxygen atoms in total. The summed E-state index contributed by atoms with van der Waals surface area (Å²) in [5.41, 5.74) is 5.96. The molecule has 1 saturated heterocycles. The minimum Gasteiger partial charge on any atom is -0.480 e. The van der Waals surface area contributed by atoms with Gasteiger partial charge in [-0.3, -0.25) is 9.69 Å². The standard InChI is InChI=1S/C16H22N2O4/c1-10-13(15(20)21)18(16(2,3)22-10)14(19)12(17)9-11-7-5-4-6-8-11/h4-8,10,12-13H,9,17H2,1-3H3,(H,20,21)/t10-,12+,13+/m1/s1. The monoisotopic (exact) mass is 306 g/mol. The maximum Gasteiger partial charge on any atom is 0.329 e. The molecular weight excluding hydrogens is 284 g/mol. The zero-order valence-electron chi connectivity index (χ0n) is 13.0. The number of hydrogen-bond donors (Lipinski definition) is 2.